The molecule has 2 aromatic carbocycles. The van der Waals surface area contributed by atoms with Gasteiger partial charge in [-0.15, -0.1) is 5.10 Å². The van der Waals surface area contributed by atoms with Gasteiger partial charge in [0.2, 0.25) is 17.7 Å². The van der Waals surface area contributed by atoms with Crippen molar-refractivity contribution < 1.29 is 24.2 Å². The van der Waals surface area contributed by atoms with Crippen molar-refractivity contribution in [3.8, 4) is 0 Å². The van der Waals surface area contributed by atoms with E-state index in [-0.39, 0.29) is 43.5 Å². The number of carbonyl (C=O) groups is 3. The Balaban J connectivity index is 1.29. The van der Waals surface area contributed by atoms with E-state index in [1.807, 2.05) is 68.4 Å². The third-order valence-electron chi connectivity index (χ3n) is 9.29. The molecule has 1 aromatic heterocycles. The molecule has 41 heavy (non-hydrogen) atoms. The molecule has 0 aliphatic carbocycles. The van der Waals surface area contributed by atoms with Gasteiger partial charge in [-0.3, -0.25) is 14.4 Å². The van der Waals surface area contributed by atoms with E-state index in [2.05, 4.69) is 20.9 Å². The summed E-state index contributed by atoms with van der Waals surface area (Å²) in [6, 6.07) is 16.2. The minimum atomic E-state index is -1.13. The van der Waals surface area contributed by atoms with Gasteiger partial charge < -0.3 is 25.4 Å². The monoisotopic (exact) mass is 560 g/mol. The molecule has 11 nitrogen and oxygen atoms in total. The molecule has 3 fully saturated rings. The van der Waals surface area contributed by atoms with Crippen LogP contribution in [0.4, 0.5) is 0 Å². The summed E-state index contributed by atoms with van der Waals surface area (Å²) in [6.45, 7) is 4.61. The molecule has 6 rings (SSSR count). The molecule has 3 aliphatic rings. The Hall–Kier alpha value is -3.83. The summed E-state index contributed by atoms with van der Waals surface area (Å²) in [6.07, 6.45) is 1.51. The number of aromatic nitrogens is 3. The Morgan fingerprint density at radius 2 is 1.83 bits per heavy atom. The van der Waals surface area contributed by atoms with Crippen LogP contribution in [0.5, 0.6) is 0 Å². The predicted octanol–water partition coefficient (Wildman–Crippen LogP) is 1.60. The highest BCUT2D eigenvalue weighted by atomic mass is 16.5. The SMILES string of the molecule is CC1CC23O[C@]1(C)[C@@H](C(=O)NCc1ccccc1)[C@H]2C(=O)N(CCCCO)C3C(=O)NCn1nnc2ccccc21. The fourth-order valence-corrected chi connectivity index (χ4v) is 7.25. The minimum Gasteiger partial charge on any atom is -0.396 e. The van der Waals surface area contributed by atoms with Gasteiger partial charge in [-0.05, 0) is 49.8 Å². The highest BCUT2D eigenvalue weighted by molar-refractivity contribution is 5.99. The van der Waals surface area contributed by atoms with Gasteiger partial charge in [0.1, 0.15) is 23.8 Å². The Morgan fingerprint density at radius 3 is 2.61 bits per heavy atom. The van der Waals surface area contributed by atoms with Gasteiger partial charge in [-0.1, -0.05) is 54.6 Å². The molecule has 3 unspecified atom stereocenters. The number of para-hydroxylation sites is 1. The number of ether oxygens (including phenoxy) is 1. The third-order valence-corrected chi connectivity index (χ3v) is 9.29. The van der Waals surface area contributed by atoms with Crippen molar-refractivity contribution >= 4 is 28.8 Å². The average Bonchev–Trinajstić information content (AvgIpc) is 3.65. The van der Waals surface area contributed by atoms with Crippen molar-refractivity contribution in [1.29, 1.82) is 0 Å². The number of hydrogen-bond acceptors (Lipinski definition) is 7. The van der Waals surface area contributed by atoms with Gasteiger partial charge in [0.15, 0.2) is 0 Å². The molecule has 3 saturated heterocycles. The van der Waals surface area contributed by atoms with E-state index in [1.165, 1.54) is 0 Å². The van der Waals surface area contributed by atoms with Crippen molar-refractivity contribution in [3.63, 3.8) is 0 Å². The van der Waals surface area contributed by atoms with E-state index in [0.29, 0.717) is 31.3 Å². The van der Waals surface area contributed by atoms with Crippen LogP contribution in [0.3, 0.4) is 0 Å². The number of benzene rings is 2. The first-order valence-electron chi connectivity index (χ1n) is 14.3. The maximum Gasteiger partial charge on any atom is 0.247 e. The number of amides is 3. The molecular formula is C30H36N6O5. The third kappa shape index (κ3) is 4.38. The lowest BCUT2D eigenvalue weighted by Gasteiger charge is -2.36. The molecule has 11 heteroatoms. The predicted molar refractivity (Wildman–Crippen MR) is 149 cm³/mol. The summed E-state index contributed by atoms with van der Waals surface area (Å²) in [4.78, 5) is 43.5. The van der Waals surface area contributed by atoms with Crippen LogP contribution < -0.4 is 10.6 Å². The second-order valence-corrected chi connectivity index (χ2v) is 11.6. The van der Waals surface area contributed by atoms with E-state index in [1.54, 1.807) is 9.58 Å². The molecule has 6 atom stereocenters. The zero-order valence-corrected chi connectivity index (χ0v) is 23.3. The lowest BCUT2D eigenvalue weighted by molar-refractivity contribution is -0.147. The second kappa shape index (κ2) is 10.5. The summed E-state index contributed by atoms with van der Waals surface area (Å²) in [5, 5.41) is 23.7. The fourth-order valence-electron chi connectivity index (χ4n) is 7.25. The number of nitrogens with one attached hydrogen (secondary N) is 2. The summed E-state index contributed by atoms with van der Waals surface area (Å²) >= 11 is 0. The van der Waals surface area contributed by atoms with E-state index in [0.717, 1.165) is 11.1 Å². The highest BCUT2D eigenvalue weighted by Gasteiger charge is 2.79. The normalized spacial score (nSPS) is 30.1. The minimum absolute atomic E-state index is 0.0110. The van der Waals surface area contributed by atoms with Crippen LogP contribution in [0.25, 0.3) is 11.0 Å². The summed E-state index contributed by atoms with van der Waals surface area (Å²) < 4.78 is 8.35. The number of likely N-dealkylation sites (tertiary alicyclic amines) is 1. The highest BCUT2D eigenvalue weighted by Crippen LogP contribution is 2.65. The quantitative estimate of drug-likeness (QED) is 0.320. The first-order chi connectivity index (χ1) is 19.8. The Kier molecular flexibility index (Phi) is 7.03. The number of fused-ring (bicyclic) bond motifs is 2. The van der Waals surface area contributed by atoms with Gasteiger partial charge in [-0.2, -0.15) is 0 Å². The molecule has 3 aromatic rings. The molecule has 0 saturated carbocycles. The molecule has 3 N–H and O–H groups in total. The molecule has 0 radical (unpaired) electrons. The van der Waals surface area contributed by atoms with Gasteiger partial charge in [-0.25, -0.2) is 4.68 Å². The fraction of sp³-hybridized carbons (Fsp3) is 0.500. The Bertz CT molecular complexity index is 1460. The van der Waals surface area contributed by atoms with Crippen molar-refractivity contribution in [2.24, 2.45) is 17.8 Å². The summed E-state index contributed by atoms with van der Waals surface area (Å²) in [7, 11) is 0. The van der Waals surface area contributed by atoms with Gasteiger partial charge in [0.25, 0.3) is 0 Å². The number of aliphatic hydroxyl groups is 1. The molecular weight excluding hydrogens is 524 g/mol. The first kappa shape index (κ1) is 27.3. The van der Waals surface area contributed by atoms with E-state index < -0.39 is 29.1 Å². The Labute approximate surface area is 238 Å². The van der Waals surface area contributed by atoms with Crippen molar-refractivity contribution in [2.75, 3.05) is 13.2 Å². The second-order valence-electron chi connectivity index (χ2n) is 11.6. The largest absolute Gasteiger partial charge is 0.396 e. The zero-order chi connectivity index (χ0) is 28.8. The van der Waals surface area contributed by atoms with Crippen LogP contribution in [-0.4, -0.2) is 73.1 Å². The number of carbonyl (C=O) groups excluding carboxylic acids is 3. The smallest absolute Gasteiger partial charge is 0.247 e. The van der Waals surface area contributed by atoms with Crippen molar-refractivity contribution in [2.45, 2.75) is 63.6 Å². The van der Waals surface area contributed by atoms with Crippen LogP contribution in [0.2, 0.25) is 0 Å². The van der Waals surface area contributed by atoms with Crippen LogP contribution in [-0.2, 0) is 32.3 Å². The van der Waals surface area contributed by atoms with Crippen molar-refractivity contribution in [1.82, 2.24) is 30.5 Å². The molecule has 2 bridgehead atoms. The molecule has 216 valence electrons. The van der Waals surface area contributed by atoms with E-state index >= 15 is 0 Å². The summed E-state index contributed by atoms with van der Waals surface area (Å²) in [5.74, 6) is -2.41. The van der Waals surface area contributed by atoms with Gasteiger partial charge in [0, 0.05) is 19.7 Å². The molecule has 3 aliphatic heterocycles. The Morgan fingerprint density at radius 1 is 1.07 bits per heavy atom. The standard InChI is InChI=1S/C30H36N6O5/c1-19-16-30-24(23(29(19,2)41-30)26(38)31-17-20-10-4-3-5-11-20)28(40)35(14-8-9-15-37)25(30)27(39)32-18-36-22-13-7-6-12-21(22)33-34-36/h3-7,10-13,19,23-25,37H,8-9,14-18H2,1-2H3,(H,31,38)(H,32,39)/t19?,23-,24+,25?,29+,30?/m1/s1. The average molecular weight is 561 g/mol. The molecule has 1 spiro atoms. The number of nitrogens with zero attached hydrogens (tertiary/aromatic N) is 4. The molecule has 4 heterocycles. The van der Waals surface area contributed by atoms with Crippen LogP contribution in [0, 0.1) is 17.8 Å². The zero-order valence-electron chi connectivity index (χ0n) is 23.3. The maximum absolute atomic E-state index is 14.1. The number of aliphatic hydroxyl groups excluding tert-OH is 1. The number of rotatable bonds is 10. The summed E-state index contributed by atoms with van der Waals surface area (Å²) in [5.41, 5.74) is 0.428. The maximum atomic E-state index is 14.1. The van der Waals surface area contributed by atoms with E-state index in [9.17, 15) is 19.5 Å². The van der Waals surface area contributed by atoms with E-state index in [4.69, 9.17) is 4.74 Å². The lowest BCUT2D eigenvalue weighted by Crippen LogP contribution is -2.56. The first-order valence-corrected chi connectivity index (χ1v) is 14.3. The topological polar surface area (TPSA) is 139 Å². The van der Waals surface area contributed by atoms with Gasteiger partial charge >= 0.3 is 0 Å². The van der Waals surface area contributed by atoms with Crippen LogP contribution in [0.15, 0.2) is 54.6 Å². The van der Waals surface area contributed by atoms with Crippen LogP contribution >= 0.6 is 0 Å². The van der Waals surface area contributed by atoms with Gasteiger partial charge in [0.05, 0.1) is 23.0 Å². The number of unbranched alkanes of at least 4 members (excludes halogenated alkanes) is 1. The van der Waals surface area contributed by atoms with Crippen LogP contribution in [0.1, 0.15) is 38.7 Å². The number of hydrogen-bond donors (Lipinski definition) is 3. The molecule has 3 amide bonds. The lowest BCUT2D eigenvalue weighted by atomic mass is 9.62. The van der Waals surface area contributed by atoms with Crippen molar-refractivity contribution in [3.05, 3.63) is 60.2 Å².